The lowest BCUT2D eigenvalue weighted by molar-refractivity contribution is -0.130. The SMILES string of the molecule is CNC(=O)C(NC(=O)COc1ccccc1OC)c1ccc(F)c(F)c1. The van der Waals surface area contributed by atoms with Crippen LogP contribution in [0.2, 0.25) is 0 Å². The Morgan fingerprint density at radius 3 is 2.38 bits per heavy atom. The van der Waals surface area contributed by atoms with E-state index in [1.54, 1.807) is 24.3 Å². The Balaban J connectivity index is 2.09. The number of nitrogens with one attached hydrogen (secondary N) is 2. The third-order valence-electron chi connectivity index (χ3n) is 3.52. The molecule has 1 atom stereocenters. The summed E-state index contributed by atoms with van der Waals surface area (Å²) >= 11 is 0. The van der Waals surface area contributed by atoms with Gasteiger partial charge in [0.05, 0.1) is 7.11 Å². The molecule has 2 amide bonds. The fraction of sp³-hybridized carbons (Fsp3) is 0.222. The largest absolute Gasteiger partial charge is 0.493 e. The lowest BCUT2D eigenvalue weighted by Crippen LogP contribution is -2.41. The summed E-state index contributed by atoms with van der Waals surface area (Å²) in [6.07, 6.45) is 0. The molecule has 0 spiro atoms. The van der Waals surface area contributed by atoms with E-state index in [4.69, 9.17) is 9.47 Å². The molecule has 0 heterocycles. The van der Waals surface area contributed by atoms with Gasteiger partial charge in [-0.1, -0.05) is 18.2 Å². The van der Waals surface area contributed by atoms with Crippen LogP contribution in [0.3, 0.4) is 0 Å². The van der Waals surface area contributed by atoms with Crippen LogP contribution in [-0.4, -0.2) is 32.6 Å². The number of para-hydroxylation sites is 2. The van der Waals surface area contributed by atoms with Crippen LogP contribution in [0.1, 0.15) is 11.6 Å². The maximum Gasteiger partial charge on any atom is 0.258 e. The third-order valence-corrected chi connectivity index (χ3v) is 3.52. The van der Waals surface area contributed by atoms with E-state index in [0.717, 1.165) is 12.1 Å². The van der Waals surface area contributed by atoms with E-state index in [9.17, 15) is 18.4 Å². The highest BCUT2D eigenvalue weighted by molar-refractivity contribution is 5.89. The van der Waals surface area contributed by atoms with E-state index < -0.39 is 36.1 Å². The quantitative estimate of drug-likeness (QED) is 0.787. The molecule has 2 N–H and O–H groups in total. The van der Waals surface area contributed by atoms with Crippen molar-refractivity contribution in [3.8, 4) is 11.5 Å². The Labute approximate surface area is 149 Å². The summed E-state index contributed by atoms with van der Waals surface area (Å²) in [5, 5.41) is 4.80. The number of amides is 2. The number of rotatable bonds is 7. The summed E-state index contributed by atoms with van der Waals surface area (Å²) < 4.78 is 37.0. The Bertz CT molecular complexity index is 799. The second-order valence-electron chi connectivity index (χ2n) is 5.23. The van der Waals surface area contributed by atoms with E-state index >= 15 is 0 Å². The number of carbonyl (C=O) groups is 2. The molecule has 0 aromatic heterocycles. The smallest absolute Gasteiger partial charge is 0.258 e. The monoisotopic (exact) mass is 364 g/mol. The van der Waals surface area contributed by atoms with Crippen LogP contribution in [0.15, 0.2) is 42.5 Å². The predicted octanol–water partition coefficient (Wildman–Crippen LogP) is 1.96. The highest BCUT2D eigenvalue weighted by atomic mass is 19.2. The Kier molecular flexibility index (Phi) is 6.48. The number of hydrogen-bond acceptors (Lipinski definition) is 4. The van der Waals surface area contributed by atoms with Crippen molar-refractivity contribution in [2.75, 3.05) is 20.8 Å². The van der Waals surface area contributed by atoms with E-state index in [0.29, 0.717) is 11.5 Å². The summed E-state index contributed by atoms with van der Waals surface area (Å²) in [5.74, 6) is -2.56. The third kappa shape index (κ3) is 4.69. The van der Waals surface area contributed by atoms with E-state index in [1.165, 1.54) is 20.2 Å². The molecule has 1 unspecified atom stereocenters. The van der Waals surface area contributed by atoms with Crippen molar-refractivity contribution >= 4 is 11.8 Å². The van der Waals surface area contributed by atoms with Gasteiger partial charge in [-0.05, 0) is 29.8 Å². The Morgan fingerprint density at radius 1 is 1.08 bits per heavy atom. The molecule has 26 heavy (non-hydrogen) atoms. The summed E-state index contributed by atoms with van der Waals surface area (Å²) in [6.45, 7) is -0.391. The molecule has 6 nitrogen and oxygen atoms in total. The van der Waals surface area contributed by atoms with Gasteiger partial charge in [-0.15, -0.1) is 0 Å². The molecule has 0 aliphatic rings. The molecule has 0 fully saturated rings. The van der Waals surface area contributed by atoms with Crippen LogP contribution < -0.4 is 20.1 Å². The first-order valence-corrected chi connectivity index (χ1v) is 7.68. The van der Waals surface area contributed by atoms with Gasteiger partial charge < -0.3 is 20.1 Å². The molecular weight excluding hydrogens is 346 g/mol. The molecule has 0 bridgehead atoms. The molecule has 0 saturated carbocycles. The van der Waals surface area contributed by atoms with E-state index in [1.807, 2.05) is 0 Å². The van der Waals surface area contributed by atoms with Crippen molar-refractivity contribution in [2.45, 2.75) is 6.04 Å². The van der Waals surface area contributed by atoms with Gasteiger partial charge in [-0.2, -0.15) is 0 Å². The van der Waals surface area contributed by atoms with Gasteiger partial charge >= 0.3 is 0 Å². The van der Waals surface area contributed by atoms with Crippen molar-refractivity contribution in [3.05, 3.63) is 59.7 Å². The lowest BCUT2D eigenvalue weighted by atomic mass is 10.1. The first-order chi connectivity index (χ1) is 12.5. The molecule has 0 aliphatic heterocycles. The van der Waals surface area contributed by atoms with Gasteiger partial charge in [0.1, 0.15) is 6.04 Å². The summed E-state index contributed by atoms with van der Waals surface area (Å²) in [7, 11) is 2.83. The number of hydrogen-bond donors (Lipinski definition) is 2. The average Bonchev–Trinajstić information content (AvgIpc) is 2.66. The van der Waals surface area contributed by atoms with Gasteiger partial charge in [0.2, 0.25) is 5.91 Å². The minimum atomic E-state index is -1.19. The summed E-state index contributed by atoms with van der Waals surface area (Å²) in [4.78, 5) is 24.2. The van der Waals surface area contributed by atoms with E-state index in [2.05, 4.69) is 10.6 Å². The van der Waals surface area contributed by atoms with Gasteiger partial charge in [0.25, 0.3) is 5.91 Å². The van der Waals surface area contributed by atoms with Crippen molar-refractivity contribution < 1.29 is 27.8 Å². The number of halogens is 2. The second kappa shape index (κ2) is 8.80. The van der Waals surface area contributed by atoms with Crippen LogP contribution in [0.4, 0.5) is 8.78 Å². The minimum Gasteiger partial charge on any atom is -0.493 e. The summed E-state index contributed by atoms with van der Waals surface area (Å²) in [5.41, 5.74) is 0.105. The maximum atomic E-state index is 13.4. The zero-order valence-electron chi connectivity index (χ0n) is 14.2. The minimum absolute atomic E-state index is 0.105. The van der Waals surface area contributed by atoms with Gasteiger partial charge in [0.15, 0.2) is 29.7 Å². The number of methoxy groups -OCH3 is 1. The molecule has 8 heteroatoms. The molecule has 138 valence electrons. The van der Waals surface area contributed by atoms with Crippen molar-refractivity contribution in [1.29, 1.82) is 0 Å². The van der Waals surface area contributed by atoms with Gasteiger partial charge in [-0.25, -0.2) is 8.78 Å². The zero-order chi connectivity index (χ0) is 19.1. The first-order valence-electron chi connectivity index (χ1n) is 7.68. The summed E-state index contributed by atoms with van der Waals surface area (Å²) in [6, 6.07) is 8.53. The van der Waals surface area contributed by atoms with Gasteiger partial charge in [0, 0.05) is 7.05 Å². The standard InChI is InChI=1S/C18H18F2N2O4/c1-21-18(24)17(11-7-8-12(19)13(20)9-11)22-16(23)10-26-15-6-4-3-5-14(15)25-2/h3-9,17H,10H2,1-2H3,(H,21,24)(H,22,23). The van der Waals surface area contributed by atoms with Crippen LogP contribution in [0.5, 0.6) is 11.5 Å². The highest BCUT2D eigenvalue weighted by Crippen LogP contribution is 2.25. The van der Waals surface area contributed by atoms with Crippen LogP contribution in [0.25, 0.3) is 0 Å². The molecule has 0 saturated heterocycles. The predicted molar refractivity (Wildman–Crippen MR) is 89.8 cm³/mol. The van der Waals surface area contributed by atoms with Gasteiger partial charge in [-0.3, -0.25) is 9.59 Å². The van der Waals surface area contributed by atoms with E-state index in [-0.39, 0.29) is 5.56 Å². The zero-order valence-corrected chi connectivity index (χ0v) is 14.2. The number of likely N-dealkylation sites (N-methyl/N-ethyl adjacent to an activating group) is 1. The molecule has 0 aliphatic carbocycles. The maximum absolute atomic E-state index is 13.4. The van der Waals surface area contributed by atoms with Crippen LogP contribution in [0, 0.1) is 11.6 Å². The fourth-order valence-electron chi connectivity index (χ4n) is 2.22. The van der Waals surface area contributed by atoms with Crippen LogP contribution in [-0.2, 0) is 9.59 Å². The first kappa shape index (κ1) is 19.2. The van der Waals surface area contributed by atoms with Crippen molar-refractivity contribution in [2.24, 2.45) is 0 Å². The van der Waals surface area contributed by atoms with Crippen molar-refractivity contribution in [1.82, 2.24) is 10.6 Å². The lowest BCUT2D eigenvalue weighted by Gasteiger charge is -2.18. The number of benzene rings is 2. The molecule has 2 aromatic rings. The second-order valence-corrected chi connectivity index (χ2v) is 5.23. The molecular formula is C18H18F2N2O4. The fourth-order valence-corrected chi connectivity index (χ4v) is 2.22. The number of carbonyl (C=O) groups excluding carboxylic acids is 2. The number of ether oxygens (including phenoxy) is 2. The molecule has 2 aromatic carbocycles. The molecule has 0 radical (unpaired) electrons. The topological polar surface area (TPSA) is 76.7 Å². The average molecular weight is 364 g/mol. The van der Waals surface area contributed by atoms with Crippen LogP contribution >= 0.6 is 0 Å². The molecule has 2 rings (SSSR count). The Hall–Kier alpha value is -3.16. The normalized spacial score (nSPS) is 11.4. The Morgan fingerprint density at radius 2 is 1.77 bits per heavy atom. The highest BCUT2D eigenvalue weighted by Gasteiger charge is 2.23. The van der Waals surface area contributed by atoms with Crippen molar-refractivity contribution in [3.63, 3.8) is 0 Å².